The molecule has 0 radical (unpaired) electrons. The molecule has 0 saturated carbocycles. The number of nitrogens with zero attached hydrogens (tertiary/aromatic N) is 1. The minimum Gasteiger partial charge on any atom is -0.371 e. The average Bonchev–Trinajstić information content (AvgIpc) is 2.61. The monoisotopic (exact) mass is 365 g/mol. The third kappa shape index (κ3) is 8.45. The van der Waals surface area contributed by atoms with Crippen LogP contribution in [0.2, 0.25) is 0 Å². The van der Waals surface area contributed by atoms with Gasteiger partial charge in [0, 0.05) is 26.9 Å². The van der Waals surface area contributed by atoms with Crippen molar-refractivity contribution in [3.63, 3.8) is 0 Å². The van der Waals surface area contributed by atoms with Gasteiger partial charge in [0.15, 0.2) is 0 Å². The van der Waals surface area contributed by atoms with Crippen molar-refractivity contribution in [2.45, 2.75) is 52.1 Å². The Kier molecular flexibility index (Phi) is 11.1. The fourth-order valence-corrected chi connectivity index (χ4v) is 2.67. The van der Waals surface area contributed by atoms with Crippen LogP contribution in [-0.4, -0.2) is 24.8 Å². The first kappa shape index (κ1) is 21.6. The van der Waals surface area contributed by atoms with Crippen LogP contribution >= 0.6 is 8.81 Å². The lowest BCUT2D eigenvalue weighted by Gasteiger charge is -2.14. The molecule has 1 rings (SSSR count). The molecule has 25 heavy (non-hydrogen) atoms. The maximum absolute atomic E-state index is 11.3. The third-order valence-electron chi connectivity index (χ3n) is 3.75. The van der Waals surface area contributed by atoms with Gasteiger partial charge in [0.2, 0.25) is 0 Å². The predicted octanol–water partition coefficient (Wildman–Crippen LogP) is 5.23. The summed E-state index contributed by atoms with van der Waals surface area (Å²) in [6.45, 7) is 6.84. The molecule has 0 aromatic heterocycles. The summed E-state index contributed by atoms with van der Waals surface area (Å²) in [5, 5.41) is 11.3. The van der Waals surface area contributed by atoms with Gasteiger partial charge in [-0.05, 0) is 32.1 Å². The van der Waals surface area contributed by atoms with Crippen LogP contribution in [0.4, 0.5) is 5.69 Å². The summed E-state index contributed by atoms with van der Waals surface area (Å²) in [6.07, 6.45) is 5.21. The van der Waals surface area contributed by atoms with Crippen molar-refractivity contribution in [1.82, 2.24) is 0 Å². The van der Waals surface area contributed by atoms with E-state index in [4.69, 9.17) is 9.26 Å². The van der Waals surface area contributed by atoms with Crippen LogP contribution in [0.5, 0.6) is 0 Å². The highest BCUT2D eigenvalue weighted by Gasteiger charge is 2.19. The highest BCUT2D eigenvalue weighted by atomic mass is 31.1. The van der Waals surface area contributed by atoms with E-state index in [9.17, 15) is 10.1 Å². The summed E-state index contributed by atoms with van der Waals surface area (Å²) in [7, 11) is 0.412. The molecule has 0 spiro atoms. The number of hydrogen-bond donors (Lipinski definition) is 0. The highest BCUT2D eigenvalue weighted by Crippen LogP contribution is 2.28. The van der Waals surface area contributed by atoms with E-state index in [0.717, 1.165) is 18.4 Å². The van der Waals surface area contributed by atoms with E-state index in [1.165, 1.54) is 25.3 Å². The molecule has 5 nitrogen and oxygen atoms in total. The van der Waals surface area contributed by atoms with Gasteiger partial charge in [-0.3, -0.25) is 10.1 Å². The topological polar surface area (TPSA) is 61.6 Å². The van der Waals surface area contributed by atoms with Crippen LogP contribution in [0.3, 0.4) is 0 Å². The number of benzene rings is 1. The quantitative estimate of drug-likeness (QED) is 0.177. The molecule has 1 aromatic rings. The number of unbranched alkanes of at least 4 members (excludes halogenated alkanes) is 4. The minimum absolute atomic E-state index is 0.0688. The van der Waals surface area contributed by atoms with Gasteiger partial charge in [-0.25, -0.2) is 0 Å². The summed E-state index contributed by atoms with van der Waals surface area (Å²) < 4.78 is 10.9. The van der Waals surface area contributed by atoms with Gasteiger partial charge in [0.1, 0.15) is 0 Å². The lowest BCUT2D eigenvalue weighted by atomic mass is 10.0. The molecule has 0 N–H and O–H groups in total. The van der Waals surface area contributed by atoms with Crippen molar-refractivity contribution in [3.05, 3.63) is 39.4 Å². The first-order chi connectivity index (χ1) is 12.1. The van der Waals surface area contributed by atoms with E-state index < -0.39 is 0 Å². The Balaban J connectivity index is 2.76. The van der Waals surface area contributed by atoms with E-state index >= 15 is 0 Å². The normalized spacial score (nSPS) is 12.1. The van der Waals surface area contributed by atoms with Gasteiger partial charge >= 0.3 is 0 Å². The molecule has 0 saturated heterocycles. The van der Waals surface area contributed by atoms with E-state index in [0.29, 0.717) is 27.6 Å². The molecule has 0 heterocycles. The molecule has 0 aliphatic heterocycles. The Labute approximate surface area is 152 Å². The van der Waals surface area contributed by atoms with Crippen molar-refractivity contribution in [1.29, 1.82) is 0 Å². The maximum Gasteiger partial charge on any atom is 0.275 e. The van der Waals surface area contributed by atoms with Gasteiger partial charge in [0.25, 0.3) is 5.69 Å². The van der Waals surface area contributed by atoms with E-state index in [1.54, 1.807) is 12.1 Å². The molecule has 0 bridgehead atoms. The molecule has 138 valence electrons. The number of rotatable bonds is 11. The molecule has 0 amide bonds. The third-order valence-corrected chi connectivity index (χ3v) is 4.24. The number of nitro benzene ring substituents is 1. The summed E-state index contributed by atoms with van der Waals surface area (Å²) in [5.41, 5.74) is 1.42. The van der Waals surface area contributed by atoms with Crippen LogP contribution < -0.4 is 0 Å². The first-order valence-electron chi connectivity index (χ1n) is 8.77. The van der Waals surface area contributed by atoms with Crippen molar-refractivity contribution in [2.75, 3.05) is 19.9 Å². The average molecular weight is 365 g/mol. The Morgan fingerprint density at radius 1 is 1.28 bits per heavy atom. The molecular weight excluding hydrogens is 337 g/mol. The molecule has 2 atom stereocenters. The zero-order valence-corrected chi connectivity index (χ0v) is 16.3. The fourth-order valence-electron chi connectivity index (χ4n) is 2.39. The van der Waals surface area contributed by atoms with Crippen molar-refractivity contribution >= 4 is 14.5 Å². The van der Waals surface area contributed by atoms with Gasteiger partial charge in [-0.2, -0.15) is 0 Å². The van der Waals surface area contributed by atoms with E-state index in [2.05, 4.69) is 18.8 Å². The lowest BCUT2D eigenvalue weighted by molar-refractivity contribution is -0.386. The zero-order valence-electron chi connectivity index (χ0n) is 15.3. The molecule has 6 heteroatoms. The number of hydrogen-bond acceptors (Lipinski definition) is 4. The molecule has 0 fully saturated rings. The van der Waals surface area contributed by atoms with Crippen LogP contribution in [0.1, 0.15) is 63.2 Å². The molecule has 1 aromatic carbocycles. The minimum atomic E-state index is -0.379. The summed E-state index contributed by atoms with van der Waals surface area (Å²) in [4.78, 5) is 10.9. The van der Waals surface area contributed by atoms with E-state index in [-0.39, 0.29) is 16.7 Å². The van der Waals surface area contributed by atoms with Crippen molar-refractivity contribution in [3.8, 4) is 11.8 Å². The maximum atomic E-state index is 11.3. The van der Waals surface area contributed by atoms with Crippen LogP contribution in [0.25, 0.3) is 0 Å². The molecule has 0 aliphatic carbocycles. The van der Waals surface area contributed by atoms with Crippen LogP contribution in [-0.2, 0) is 9.26 Å². The summed E-state index contributed by atoms with van der Waals surface area (Å²) in [6, 6.07) is 4.99. The number of nitro groups is 1. The molecule has 2 unspecified atom stereocenters. The largest absolute Gasteiger partial charge is 0.371 e. The first-order valence-corrected chi connectivity index (χ1v) is 10.2. The van der Waals surface area contributed by atoms with Crippen molar-refractivity contribution in [2.24, 2.45) is 0 Å². The summed E-state index contributed by atoms with van der Waals surface area (Å²) in [5.74, 6) is 6.26. The molecular formula is C19H28NO4P. The second-order valence-corrected chi connectivity index (χ2v) is 6.41. The molecule has 0 aliphatic rings. The Morgan fingerprint density at radius 3 is 2.76 bits per heavy atom. The highest BCUT2D eigenvalue weighted by molar-refractivity contribution is 7.31. The van der Waals surface area contributed by atoms with Crippen LogP contribution in [0, 0.1) is 22.0 Å². The SMILES string of the molecule is CCCCCCC#Cc1ccc([N+](=O)[O-])c(C(C)OCCOPC)c1. The van der Waals surface area contributed by atoms with Gasteiger partial charge in [0.05, 0.1) is 29.8 Å². The Hall–Kier alpha value is -1.47. The standard InChI is InChI=1S/C19H28NO4P/c1-4-5-6-7-8-9-10-17-11-12-19(20(21)22)18(15-17)16(2)23-13-14-24-25-3/h11-12,15-16,25H,4-8,13-14H2,1-3H3. The second-order valence-electron chi connectivity index (χ2n) is 5.71. The van der Waals surface area contributed by atoms with Gasteiger partial charge in [-0.1, -0.05) is 38.0 Å². The smallest absolute Gasteiger partial charge is 0.275 e. The second kappa shape index (κ2) is 12.8. The van der Waals surface area contributed by atoms with Gasteiger partial charge in [-0.15, -0.1) is 0 Å². The zero-order chi connectivity index (χ0) is 18.5. The number of ether oxygens (including phenoxy) is 1. The van der Waals surface area contributed by atoms with E-state index in [1.807, 2.05) is 13.6 Å². The van der Waals surface area contributed by atoms with Crippen LogP contribution in [0.15, 0.2) is 18.2 Å². The Bertz CT molecular complexity index is 595. The lowest BCUT2D eigenvalue weighted by Crippen LogP contribution is -2.08. The fraction of sp³-hybridized carbons (Fsp3) is 0.579. The Morgan fingerprint density at radius 2 is 2.08 bits per heavy atom. The predicted molar refractivity (Wildman–Crippen MR) is 103 cm³/mol. The summed E-state index contributed by atoms with van der Waals surface area (Å²) >= 11 is 0. The van der Waals surface area contributed by atoms with Crippen molar-refractivity contribution < 1.29 is 14.2 Å². The van der Waals surface area contributed by atoms with Gasteiger partial charge < -0.3 is 9.26 Å².